The van der Waals surface area contributed by atoms with Crippen LogP contribution < -0.4 is 15.5 Å². The van der Waals surface area contributed by atoms with Crippen molar-refractivity contribution in [1.82, 2.24) is 20.5 Å². The van der Waals surface area contributed by atoms with Gasteiger partial charge in [-0.15, -0.1) is 24.0 Å². The van der Waals surface area contributed by atoms with Crippen molar-refractivity contribution in [3.63, 3.8) is 0 Å². The number of aromatic nitrogens is 1. The standard InChI is InChI=1S/C19H29ClN6O2.HI/c1-25(2)17(27)11-23-19(22-10-14-6-9-28-13-14)24-15-5-8-26(12-15)18-16(20)4-3-7-21-18;/h3-4,7,14-15H,5-6,8-13H2,1-2H3,(H2,22,23,24);1H. The van der Waals surface area contributed by atoms with Crippen molar-refractivity contribution in [1.29, 1.82) is 0 Å². The normalized spacial score (nSPS) is 21.6. The van der Waals surface area contributed by atoms with E-state index >= 15 is 0 Å². The average molecular weight is 537 g/mol. The first-order valence-electron chi connectivity index (χ1n) is 9.71. The number of ether oxygens (including phenoxy) is 1. The molecule has 162 valence electrons. The third-order valence-corrected chi connectivity index (χ3v) is 5.32. The first kappa shape index (κ1) is 23.9. The number of pyridine rings is 1. The zero-order valence-corrected chi connectivity index (χ0v) is 20.0. The molecule has 8 nitrogen and oxygen atoms in total. The van der Waals surface area contributed by atoms with Crippen LogP contribution in [0.4, 0.5) is 5.82 Å². The van der Waals surface area contributed by atoms with Gasteiger partial charge in [-0.3, -0.25) is 4.79 Å². The summed E-state index contributed by atoms with van der Waals surface area (Å²) in [7, 11) is 3.47. The summed E-state index contributed by atoms with van der Waals surface area (Å²) >= 11 is 6.28. The quantitative estimate of drug-likeness (QED) is 0.327. The van der Waals surface area contributed by atoms with E-state index in [1.54, 1.807) is 25.2 Å². The van der Waals surface area contributed by atoms with Crippen LogP contribution in [0.25, 0.3) is 0 Å². The number of carbonyl (C=O) groups excluding carboxylic acids is 1. The van der Waals surface area contributed by atoms with Crippen LogP contribution in [0.1, 0.15) is 12.8 Å². The van der Waals surface area contributed by atoms with Gasteiger partial charge in [-0.25, -0.2) is 9.98 Å². The molecule has 3 heterocycles. The molecule has 2 aliphatic heterocycles. The minimum Gasteiger partial charge on any atom is -0.381 e. The molecular formula is C19H30ClIN6O2. The van der Waals surface area contributed by atoms with Gasteiger partial charge in [0, 0.05) is 58.5 Å². The van der Waals surface area contributed by atoms with E-state index in [9.17, 15) is 4.79 Å². The molecule has 10 heteroatoms. The molecule has 2 aliphatic rings. The summed E-state index contributed by atoms with van der Waals surface area (Å²) in [5.74, 6) is 1.93. The maximum Gasteiger partial charge on any atom is 0.243 e. The highest BCUT2D eigenvalue weighted by atomic mass is 127. The molecule has 2 fully saturated rings. The van der Waals surface area contributed by atoms with Gasteiger partial charge in [0.1, 0.15) is 12.4 Å². The number of anilines is 1. The lowest BCUT2D eigenvalue weighted by atomic mass is 10.1. The Morgan fingerprint density at radius 3 is 2.97 bits per heavy atom. The Kier molecular flexibility index (Phi) is 9.70. The lowest BCUT2D eigenvalue weighted by molar-refractivity contribution is -0.127. The molecule has 2 unspecified atom stereocenters. The Labute approximate surface area is 194 Å². The van der Waals surface area contributed by atoms with Crippen LogP contribution >= 0.6 is 35.6 Å². The fourth-order valence-corrected chi connectivity index (χ4v) is 3.54. The maximum atomic E-state index is 11.9. The number of rotatable bonds is 6. The Balaban J connectivity index is 0.00000300. The lowest BCUT2D eigenvalue weighted by Gasteiger charge is -2.21. The lowest BCUT2D eigenvalue weighted by Crippen LogP contribution is -2.46. The van der Waals surface area contributed by atoms with Crippen molar-refractivity contribution >= 4 is 53.3 Å². The molecule has 0 aromatic carbocycles. The molecule has 2 atom stereocenters. The number of nitrogens with zero attached hydrogens (tertiary/aromatic N) is 4. The SMILES string of the molecule is CN(C)C(=O)CN=C(NCC1CCOC1)NC1CCN(c2ncccc2Cl)C1.I. The van der Waals surface area contributed by atoms with Crippen molar-refractivity contribution in [2.45, 2.75) is 18.9 Å². The molecule has 1 aromatic heterocycles. The topological polar surface area (TPSA) is 82.1 Å². The smallest absolute Gasteiger partial charge is 0.243 e. The van der Waals surface area contributed by atoms with E-state index in [1.807, 2.05) is 12.1 Å². The summed E-state index contributed by atoms with van der Waals surface area (Å²) in [6, 6.07) is 3.90. The van der Waals surface area contributed by atoms with E-state index in [1.165, 1.54) is 0 Å². The first-order valence-corrected chi connectivity index (χ1v) is 10.1. The summed E-state index contributed by atoms with van der Waals surface area (Å²) in [4.78, 5) is 24.5. The molecule has 1 amide bonds. The predicted molar refractivity (Wildman–Crippen MR) is 126 cm³/mol. The summed E-state index contributed by atoms with van der Waals surface area (Å²) < 4.78 is 5.44. The molecule has 0 bridgehead atoms. The number of likely N-dealkylation sites (N-methyl/N-ethyl adjacent to an activating group) is 1. The summed E-state index contributed by atoms with van der Waals surface area (Å²) in [6.45, 7) is 4.14. The molecule has 0 spiro atoms. The van der Waals surface area contributed by atoms with Crippen molar-refractivity contribution in [3.8, 4) is 0 Å². The number of guanidine groups is 1. The first-order chi connectivity index (χ1) is 13.5. The third kappa shape index (κ3) is 7.14. The molecule has 2 N–H and O–H groups in total. The van der Waals surface area contributed by atoms with E-state index < -0.39 is 0 Å². The molecular weight excluding hydrogens is 507 g/mol. The molecule has 3 rings (SSSR count). The highest BCUT2D eigenvalue weighted by molar-refractivity contribution is 14.0. The van der Waals surface area contributed by atoms with Gasteiger partial charge in [-0.1, -0.05) is 11.6 Å². The van der Waals surface area contributed by atoms with E-state index in [0.717, 1.165) is 51.5 Å². The fourth-order valence-electron chi connectivity index (χ4n) is 3.30. The largest absolute Gasteiger partial charge is 0.381 e. The summed E-state index contributed by atoms with van der Waals surface area (Å²) in [6.07, 6.45) is 3.75. The fraction of sp³-hybridized carbons (Fsp3) is 0.632. The van der Waals surface area contributed by atoms with Gasteiger partial charge >= 0.3 is 0 Å². The summed E-state index contributed by atoms with van der Waals surface area (Å²) in [5, 5.41) is 7.51. The zero-order chi connectivity index (χ0) is 19.9. The van der Waals surface area contributed by atoms with Gasteiger partial charge in [0.2, 0.25) is 5.91 Å². The Hall–Kier alpha value is -1.33. The molecule has 0 radical (unpaired) electrons. The summed E-state index contributed by atoms with van der Waals surface area (Å²) in [5.41, 5.74) is 0. The van der Waals surface area contributed by atoms with E-state index in [4.69, 9.17) is 16.3 Å². The van der Waals surface area contributed by atoms with Crippen LogP contribution in [0.3, 0.4) is 0 Å². The van der Waals surface area contributed by atoms with Crippen LogP contribution in [0, 0.1) is 5.92 Å². The molecule has 0 aliphatic carbocycles. The van der Waals surface area contributed by atoms with Crippen LogP contribution in [0.2, 0.25) is 5.02 Å². The van der Waals surface area contributed by atoms with Gasteiger partial charge in [-0.05, 0) is 25.0 Å². The van der Waals surface area contributed by atoms with Gasteiger partial charge in [0.05, 0.1) is 11.6 Å². The minimum atomic E-state index is -0.0291. The highest BCUT2D eigenvalue weighted by Crippen LogP contribution is 2.25. The third-order valence-electron chi connectivity index (χ3n) is 5.02. The Morgan fingerprint density at radius 1 is 1.45 bits per heavy atom. The van der Waals surface area contributed by atoms with Crippen LogP contribution in [-0.4, -0.2) is 81.3 Å². The second-order valence-corrected chi connectivity index (χ2v) is 7.86. The van der Waals surface area contributed by atoms with Crippen molar-refractivity contribution in [2.75, 3.05) is 58.4 Å². The number of halogens is 2. The van der Waals surface area contributed by atoms with Gasteiger partial charge in [-0.2, -0.15) is 0 Å². The van der Waals surface area contributed by atoms with E-state index in [-0.39, 0.29) is 42.5 Å². The second kappa shape index (κ2) is 11.8. The van der Waals surface area contributed by atoms with Crippen molar-refractivity contribution in [3.05, 3.63) is 23.4 Å². The second-order valence-electron chi connectivity index (χ2n) is 7.45. The number of amides is 1. The minimum absolute atomic E-state index is 0. The van der Waals surface area contributed by atoms with Gasteiger partial charge in [0.15, 0.2) is 5.96 Å². The Morgan fingerprint density at radius 2 is 2.28 bits per heavy atom. The number of nitrogens with one attached hydrogen (secondary N) is 2. The molecule has 0 saturated carbocycles. The van der Waals surface area contributed by atoms with Crippen molar-refractivity contribution < 1.29 is 9.53 Å². The maximum absolute atomic E-state index is 11.9. The monoisotopic (exact) mass is 536 g/mol. The number of aliphatic imine (C=N–C) groups is 1. The van der Waals surface area contributed by atoms with Gasteiger partial charge in [0.25, 0.3) is 0 Å². The predicted octanol–water partition coefficient (Wildman–Crippen LogP) is 1.59. The van der Waals surface area contributed by atoms with E-state index in [0.29, 0.717) is 16.9 Å². The molecule has 2 saturated heterocycles. The average Bonchev–Trinajstić information content (AvgIpc) is 3.36. The zero-order valence-electron chi connectivity index (χ0n) is 16.9. The molecule has 29 heavy (non-hydrogen) atoms. The van der Waals surface area contributed by atoms with Crippen LogP contribution in [-0.2, 0) is 9.53 Å². The van der Waals surface area contributed by atoms with Gasteiger partial charge < -0.3 is 25.2 Å². The number of hydrogen-bond donors (Lipinski definition) is 2. The van der Waals surface area contributed by atoms with Crippen LogP contribution in [0.5, 0.6) is 0 Å². The molecule has 1 aromatic rings. The van der Waals surface area contributed by atoms with E-state index in [2.05, 4.69) is 25.5 Å². The van der Waals surface area contributed by atoms with Crippen LogP contribution in [0.15, 0.2) is 23.3 Å². The Bertz CT molecular complexity index is 699. The highest BCUT2D eigenvalue weighted by Gasteiger charge is 2.26. The number of carbonyl (C=O) groups is 1. The number of hydrogen-bond acceptors (Lipinski definition) is 5. The van der Waals surface area contributed by atoms with Crippen molar-refractivity contribution in [2.24, 2.45) is 10.9 Å².